The predicted octanol–water partition coefficient (Wildman–Crippen LogP) is 3.52. The lowest BCUT2D eigenvalue weighted by Gasteiger charge is -2.08. The van der Waals surface area contributed by atoms with Gasteiger partial charge in [0.15, 0.2) is 0 Å². The van der Waals surface area contributed by atoms with Crippen molar-refractivity contribution in [1.29, 1.82) is 0 Å². The molecule has 1 aromatic heterocycles. The van der Waals surface area contributed by atoms with E-state index in [1.165, 1.54) is 10.8 Å². The van der Waals surface area contributed by atoms with Crippen LogP contribution in [0.25, 0.3) is 10.8 Å². The molecular weight excluding hydrogens is 248 g/mol. The number of nitrogens with zero attached hydrogens (tertiary/aromatic N) is 2. The Morgan fingerprint density at radius 2 is 1.80 bits per heavy atom. The van der Waals surface area contributed by atoms with Crippen molar-refractivity contribution in [2.24, 2.45) is 0 Å². The quantitative estimate of drug-likeness (QED) is 0.759. The minimum absolute atomic E-state index is 0.486. The first-order chi connectivity index (χ1) is 9.74. The second-order valence-electron chi connectivity index (χ2n) is 4.63. The van der Waals surface area contributed by atoms with Crippen LogP contribution < -0.4 is 11.1 Å². The van der Waals surface area contributed by atoms with Crippen molar-refractivity contribution in [2.75, 3.05) is 11.1 Å². The molecular formula is C16H16N4. The van der Waals surface area contributed by atoms with Gasteiger partial charge in [0.1, 0.15) is 17.5 Å². The third-order valence-electron chi connectivity index (χ3n) is 3.13. The summed E-state index contributed by atoms with van der Waals surface area (Å²) in [5.74, 6) is 1.96. The Morgan fingerprint density at radius 1 is 1.00 bits per heavy atom. The minimum atomic E-state index is 0.486. The summed E-state index contributed by atoms with van der Waals surface area (Å²) in [5, 5.41) is 5.69. The molecule has 0 saturated carbocycles. The van der Waals surface area contributed by atoms with Crippen LogP contribution in [0.2, 0.25) is 0 Å². The van der Waals surface area contributed by atoms with Crippen LogP contribution >= 0.6 is 0 Å². The third-order valence-corrected chi connectivity index (χ3v) is 3.13. The van der Waals surface area contributed by atoms with Gasteiger partial charge >= 0.3 is 0 Å². The summed E-state index contributed by atoms with van der Waals surface area (Å²) in [6, 6.07) is 16.2. The minimum Gasteiger partial charge on any atom is -0.384 e. The fraction of sp³-hybridized carbons (Fsp3) is 0.125. The van der Waals surface area contributed by atoms with Crippen LogP contribution in [0, 0.1) is 0 Å². The molecule has 0 fully saturated rings. The van der Waals surface area contributed by atoms with Crippen molar-refractivity contribution in [2.45, 2.75) is 13.3 Å². The van der Waals surface area contributed by atoms with Gasteiger partial charge in [0.2, 0.25) is 0 Å². The van der Waals surface area contributed by atoms with Gasteiger partial charge < -0.3 is 11.1 Å². The van der Waals surface area contributed by atoms with E-state index in [1.54, 1.807) is 6.07 Å². The van der Waals surface area contributed by atoms with Gasteiger partial charge in [0, 0.05) is 18.2 Å². The van der Waals surface area contributed by atoms with E-state index in [0.29, 0.717) is 5.82 Å². The van der Waals surface area contributed by atoms with E-state index < -0.39 is 0 Å². The molecule has 0 radical (unpaired) electrons. The summed E-state index contributed by atoms with van der Waals surface area (Å²) in [5.41, 5.74) is 6.78. The number of hydrogen-bond donors (Lipinski definition) is 2. The van der Waals surface area contributed by atoms with Crippen molar-refractivity contribution in [1.82, 2.24) is 9.97 Å². The van der Waals surface area contributed by atoms with Crippen molar-refractivity contribution in [3.63, 3.8) is 0 Å². The fourth-order valence-corrected chi connectivity index (χ4v) is 2.15. The maximum Gasteiger partial charge on any atom is 0.136 e. The molecule has 2 aromatic carbocycles. The predicted molar refractivity (Wildman–Crippen MR) is 83.1 cm³/mol. The van der Waals surface area contributed by atoms with Crippen molar-refractivity contribution in [3.8, 4) is 0 Å². The summed E-state index contributed by atoms with van der Waals surface area (Å²) in [7, 11) is 0. The number of fused-ring (bicyclic) bond motifs is 1. The zero-order chi connectivity index (χ0) is 13.9. The van der Waals surface area contributed by atoms with E-state index in [-0.39, 0.29) is 0 Å². The van der Waals surface area contributed by atoms with E-state index in [2.05, 4.69) is 39.6 Å². The maximum atomic E-state index is 5.79. The molecule has 4 nitrogen and oxygen atoms in total. The normalized spacial score (nSPS) is 10.7. The lowest BCUT2D eigenvalue weighted by Crippen LogP contribution is -2.02. The zero-order valence-corrected chi connectivity index (χ0v) is 11.3. The van der Waals surface area contributed by atoms with E-state index in [1.807, 2.05) is 25.1 Å². The van der Waals surface area contributed by atoms with Crippen LogP contribution in [-0.4, -0.2) is 9.97 Å². The Balaban J connectivity index is 1.94. The summed E-state index contributed by atoms with van der Waals surface area (Å²) in [6.07, 6.45) is 0.761. The molecule has 100 valence electrons. The number of nitrogens with one attached hydrogen (secondary N) is 1. The molecule has 4 heteroatoms. The highest BCUT2D eigenvalue weighted by atomic mass is 15.0. The number of aromatic nitrogens is 2. The average molecular weight is 264 g/mol. The summed E-state index contributed by atoms with van der Waals surface area (Å²) >= 11 is 0. The van der Waals surface area contributed by atoms with E-state index in [4.69, 9.17) is 5.73 Å². The zero-order valence-electron chi connectivity index (χ0n) is 11.3. The lowest BCUT2D eigenvalue weighted by atomic mass is 10.1. The molecule has 3 N–H and O–H groups in total. The standard InChI is InChI=1S/C16H16N4/c1-2-15-19-14(17)10-16(20-15)18-13-8-7-11-5-3-4-6-12(11)9-13/h3-10H,2H2,1H3,(H3,17,18,19,20). The molecule has 0 aliphatic heterocycles. The SMILES string of the molecule is CCc1nc(N)cc(Nc2ccc3ccccc3c2)n1. The summed E-state index contributed by atoms with van der Waals surface area (Å²) in [6.45, 7) is 2.01. The molecule has 0 aliphatic rings. The molecule has 3 aromatic rings. The first-order valence-electron chi connectivity index (χ1n) is 6.64. The Morgan fingerprint density at radius 3 is 2.60 bits per heavy atom. The van der Waals surface area contributed by atoms with Crippen LogP contribution in [0.1, 0.15) is 12.7 Å². The van der Waals surface area contributed by atoms with Crippen molar-refractivity contribution in [3.05, 3.63) is 54.4 Å². The Bertz CT molecular complexity index is 752. The summed E-state index contributed by atoms with van der Waals surface area (Å²) in [4.78, 5) is 8.60. The number of benzene rings is 2. The first kappa shape index (κ1) is 12.4. The number of nitrogens with two attached hydrogens (primary N) is 1. The second-order valence-corrected chi connectivity index (χ2v) is 4.63. The monoisotopic (exact) mass is 264 g/mol. The Hall–Kier alpha value is -2.62. The first-order valence-corrected chi connectivity index (χ1v) is 6.64. The topological polar surface area (TPSA) is 63.8 Å². The van der Waals surface area contributed by atoms with Crippen LogP contribution in [0.4, 0.5) is 17.3 Å². The van der Waals surface area contributed by atoms with Gasteiger partial charge in [-0.05, 0) is 22.9 Å². The largest absolute Gasteiger partial charge is 0.384 e. The number of hydrogen-bond acceptors (Lipinski definition) is 4. The van der Waals surface area contributed by atoms with Crippen LogP contribution in [0.5, 0.6) is 0 Å². The summed E-state index contributed by atoms with van der Waals surface area (Å²) < 4.78 is 0. The highest BCUT2D eigenvalue weighted by molar-refractivity contribution is 5.86. The maximum absolute atomic E-state index is 5.79. The molecule has 20 heavy (non-hydrogen) atoms. The second kappa shape index (κ2) is 5.17. The van der Waals surface area contributed by atoms with Gasteiger partial charge in [0.25, 0.3) is 0 Å². The van der Waals surface area contributed by atoms with Crippen LogP contribution in [0.3, 0.4) is 0 Å². The highest BCUT2D eigenvalue weighted by Gasteiger charge is 2.02. The van der Waals surface area contributed by atoms with Gasteiger partial charge in [-0.2, -0.15) is 0 Å². The van der Waals surface area contributed by atoms with Crippen molar-refractivity contribution >= 4 is 28.1 Å². The fourth-order valence-electron chi connectivity index (χ4n) is 2.15. The highest BCUT2D eigenvalue weighted by Crippen LogP contribution is 2.22. The van der Waals surface area contributed by atoms with Gasteiger partial charge in [0.05, 0.1) is 0 Å². The third kappa shape index (κ3) is 2.54. The smallest absolute Gasteiger partial charge is 0.136 e. The van der Waals surface area contributed by atoms with Crippen molar-refractivity contribution < 1.29 is 0 Å². The Kier molecular flexibility index (Phi) is 3.21. The van der Waals surface area contributed by atoms with Gasteiger partial charge in [-0.15, -0.1) is 0 Å². The molecule has 0 spiro atoms. The Labute approximate surface area is 117 Å². The average Bonchev–Trinajstić information content (AvgIpc) is 2.46. The van der Waals surface area contributed by atoms with E-state index in [9.17, 15) is 0 Å². The lowest BCUT2D eigenvalue weighted by molar-refractivity contribution is 0.948. The molecule has 3 rings (SSSR count). The van der Waals surface area contributed by atoms with Gasteiger partial charge in [-0.25, -0.2) is 9.97 Å². The van der Waals surface area contributed by atoms with Crippen LogP contribution in [-0.2, 0) is 6.42 Å². The number of rotatable bonds is 3. The number of aryl methyl sites for hydroxylation is 1. The molecule has 0 aliphatic carbocycles. The van der Waals surface area contributed by atoms with Crippen LogP contribution in [0.15, 0.2) is 48.5 Å². The molecule has 0 saturated heterocycles. The van der Waals surface area contributed by atoms with E-state index >= 15 is 0 Å². The van der Waals surface area contributed by atoms with Gasteiger partial charge in [-0.1, -0.05) is 37.3 Å². The molecule has 0 bridgehead atoms. The molecule has 1 heterocycles. The molecule has 0 amide bonds. The number of anilines is 3. The molecule has 0 atom stereocenters. The number of nitrogen functional groups attached to an aromatic ring is 1. The van der Waals surface area contributed by atoms with Gasteiger partial charge in [-0.3, -0.25) is 0 Å². The van der Waals surface area contributed by atoms with E-state index in [0.717, 1.165) is 23.8 Å². The molecule has 0 unspecified atom stereocenters.